The van der Waals surface area contributed by atoms with E-state index in [2.05, 4.69) is 25.0 Å². The summed E-state index contributed by atoms with van der Waals surface area (Å²) in [7, 11) is 1.32. The highest BCUT2D eigenvalue weighted by molar-refractivity contribution is 7.14. The van der Waals surface area contributed by atoms with E-state index >= 15 is 0 Å². The first kappa shape index (κ1) is 16.9. The molecule has 27 heavy (non-hydrogen) atoms. The molecular formula is C19H14N4O3S. The molecule has 3 heterocycles. The number of ether oxygens (including phenoxy) is 1. The fourth-order valence-corrected chi connectivity index (χ4v) is 3.30. The van der Waals surface area contributed by atoms with Gasteiger partial charge in [-0.15, -0.1) is 11.3 Å². The molecule has 2 N–H and O–H groups in total. The lowest BCUT2D eigenvalue weighted by Gasteiger charge is -2.02. The number of nitrogens with zero attached hydrogens (tertiary/aromatic N) is 2. The second-order valence-corrected chi connectivity index (χ2v) is 6.53. The second-order valence-electron chi connectivity index (χ2n) is 5.67. The van der Waals surface area contributed by atoms with Crippen molar-refractivity contribution in [3.63, 3.8) is 0 Å². The molecule has 0 saturated carbocycles. The number of amides is 1. The summed E-state index contributed by atoms with van der Waals surface area (Å²) in [5.74, 6) is -0.779. The Bertz CT molecular complexity index is 1150. The van der Waals surface area contributed by atoms with Gasteiger partial charge in [-0.1, -0.05) is 24.3 Å². The number of thiazole rings is 1. The summed E-state index contributed by atoms with van der Waals surface area (Å²) in [6.07, 6.45) is 1.66. The highest BCUT2D eigenvalue weighted by Crippen LogP contribution is 2.26. The monoisotopic (exact) mass is 378 g/mol. The standard InChI is InChI=1S/C19H14N4O3S/c1-26-18(25)15-8-12(9-20-15)16-10-27-19(22-16)23-17(24)14-7-6-11-4-2-3-5-13(11)21-14/h2-10,20H,1H3,(H,22,23,24). The first-order valence-corrected chi connectivity index (χ1v) is 8.92. The molecule has 0 aliphatic heterocycles. The molecule has 8 heteroatoms. The van der Waals surface area contributed by atoms with Crippen molar-refractivity contribution >= 4 is 39.2 Å². The Balaban J connectivity index is 1.52. The molecule has 0 unspecified atom stereocenters. The largest absolute Gasteiger partial charge is 0.464 e. The van der Waals surface area contributed by atoms with Crippen molar-refractivity contribution in [2.24, 2.45) is 0 Å². The molecule has 0 saturated heterocycles. The molecule has 0 aliphatic rings. The van der Waals surface area contributed by atoms with Crippen LogP contribution in [0.15, 0.2) is 54.0 Å². The minimum Gasteiger partial charge on any atom is -0.464 e. The number of aromatic amines is 1. The van der Waals surface area contributed by atoms with Crippen molar-refractivity contribution in [3.8, 4) is 11.3 Å². The summed E-state index contributed by atoms with van der Waals surface area (Å²) >= 11 is 1.29. The number of carbonyl (C=O) groups is 2. The second kappa shape index (κ2) is 7.00. The molecule has 4 rings (SSSR count). The van der Waals surface area contributed by atoms with Gasteiger partial charge in [0.25, 0.3) is 5.91 Å². The predicted molar refractivity (Wildman–Crippen MR) is 103 cm³/mol. The van der Waals surface area contributed by atoms with Gasteiger partial charge in [0.05, 0.1) is 18.3 Å². The van der Waals surface area contributed by atoms with Crippen LogP contribution in [-0.4, -0.2) is 33.9 Å². The average Bonchev–Trinajstić information content (AvgIpc) is 3.36. The summed E-state index contributed by atoms with van der Waals surface area (Å²) in [6.45, 7) is 0. The number of carbonyl (C=O) groups excluding carboxylic acids is 2. The van der Waals surface area contributed by atoms with Crippen LogP contribution in [0.3, 0.4) is 0 Å². The summed E-state index contributed by atoms with van der Waals surface area (Å²) in [5.41, 5.74) is 2.79. The fourth-order valence-electron chi connectivity index (χ4n) is 2.59. The minimum absolute atomic E-state index is 0.320. The van der Waals surface area contributed by atoms with Gasteiger partial charge in [-0.3, -0.25) is 10.1 Å². The topological polar surface area (TPSA) is 97.0 Å². The number of fused-ring (bicyclic) bond motifs is 1. The van der Waals surface area contributed by atoms with Crippen molar-refractivity contribution in [1.82, 2.24) is 15.0 Å². The van der Waals surface area contributed by atoms with E-state index in [0.717, 1.165) is 16.5 Å². The SMILES string of the molecule is COC(=O)c1cc(-c2csc(NC(=O)c3ccc4ccccc4n3)n2)c[nH]1. The molecule has 1 aromatic carbocycles. The Kier molecular flexibility index (Phi) is 4.39. The number of pyridine rings is 1. The van der Waals surface area contributed by atoms with Gasteiger partial charge < -0.3 is 9.72 Å². The van der Waals surface area contributed by atoms with Crippen LogP contribution in [0.1, 0.15) is 21.0 Å². The lowest BCUT2D eigenvalue weighted by Crippen LogP contribution is -2.13. The van der Waals surface area contributed by atoms with E-state index in [-0.39, 0.29) is 5.91 Å². The number of hydrogen-bond donors (Lipinski definition) is 2. The van der Waals surface area contributed by atoms with E-state index in [1.807, 2.05) is 30.3 Å². The van der Waals surface area contributed by atoms with Gasteiger partial charge in [-0.2, -0.15) is 0 Å². The van der Waals surface area contributed by atoms with Crippen molar-refractivity contribution in [2.75, 3.05) is 12.4 Å². The van der Waals surface area contributed by atoms with Gasteiger partial charge in [0.2, 0.25) is 0 Å². The third-order valence-corrected chi connectivity index (χ3v) is 4.70. The average molecular weight is 378 g/mol. The summed E-state index contributed by atoms with van der Waals surface area (Å²) in [4.78, 5) is 35.6. The van der Waals surface area contributed by atoms with Crippen LogP contribution in [0.5, 0.6) is 0 Å². The molecule has 4 aromatic rings. The molecule has 3 aromatic heterocycles. The number of methoxy groups -OCH3 is 1. The smallest absolute Gasteiger partial charge is 0.354 e. The zero-order valence-corrected chi connectivity index (χ0v) is 15.0. The zero-order valence-electron chi connectivity index (χ0n) is 14.2. The third-order valence-electron chi connectivity index (χ3n) is 3.94. The van der Waals surface area contributed by atoms with Gasteiger partial charge in [0, 0.05) is 22.5 Å². The Labute approximate surface area is 158 Å². The molecule has 0 bridgehead atoms. The van der Waals surface area contributed by atoms with Gasteiger partial charge in [-0.25, -0.2) is 14.8 Å². The van der Waals surface area contributed by atoms with E-state index < -0.39 is 5.97 Å². The molecule has 0 radical (unpaired) electrons. The lowest BCUT2D eigenvalue weighted by molar-refractivity contribution is 0.0594. The number of H-pyrrole nitrogens is 1. The predicted octanol–water partition coefficient (Wildman–Crippen LogP) is 3.73. The fraction of sp³-hybridized carbons (Fsp3) is 0.0526. The molecule has 7 nitrogen and oxygen atoms in total. The van der Waals surface area contributed by atoms with Gasteiger partial charge in [0.15, 0.2) is 5.13 Å². The van der Waals surface area contributed by atoms with E-state index in [4.69, 9.17) is 0 Å². The first-order chi connectivity index (χ1) is 13.1. The van der Waals surface area contributed by atoms with Crippen LogP contribution < -0.4 is 5.32 Å². The van der Waals surface area contributed by atoms with Gasteiger partial charge in [-0.05, 0) is 18.2 Å². The van der Waals surface area contributed by atoms with Crippen LogP contribution in [0.4, 0.5) is 5.13 Å². The normalized spacial score (nSPS) is 10.7. The van der Waals surface area contributed by atoms with E-state index in [9.17, 15) is 9.59 Å². The number of benzene rings is 1. The van der Waals surface area contributed by atoms with Crippen molar-refractivity contribution < 1.29 is 14.3 Å². The third kappa shape index (κ3) is 3.42. The number of esters is 1. The summed E-state index contributed by atoms with van der Waals surface area (Å²) in [6, 6.07) is 12.8. The molecule has 0 aliphatic carbocycles. The Morgan fingerprint density at radius 3 is 2.85 bits per heavy atom. The maximum atomic E-state index is 12.5. The van der Waals surface area contributed by atoms with Crippen LogP contribution in [0.25, 0.3) is 22.2 Å². The van der Waals surface area contributed by atoms with Crippen LogP contribution in [0, 0.1) is 0 Å². The van der Waals surface area contributed by atoms with Crippen molar-refractivity contribution in [3.05, 3.63) is 65.4 Å². The van der Waals surface area contributed by atoms with Gasteiger partial charge in [0.1, 0.15) is 11.4 Å². The maximum Gasteiger partial charge on any atom is 0.354 e. The number of hydrogen-bond acceptors (Lipinski definition) is 6. The van der Waals surface area contributed by atoms with E-state index in [0.29, 0.717) is 22.2 Å². The maximum absolute atomic E-state index is 12.5. The minimum atomic E-state index is -0.451. The Morgan fingerprint density at radius 1 is 1.15 bits per heavy atom. The van der Waals surface area contributed by atoms with Crippen molar-refractivity contribution in [2.45, 2.75) is 0 Å². The molecule has 134 valence electrons. The molecular weight excluding hydrogens is 364 g/mol. The quantitative estimate of drug-likeness (QED) is 0.528. The van der Waals surface area contributed by atoms with Gasteiger partial charge >= 0.3 is 5.97 Å². The Morgan fingerprint density at radius 2 is 2.00 bits per heavy atom. The Hall–Kier alpha value is -3.52. The number of rotatable bonds is 4. The first-order valence-electron chi connectivity index (χ1n) is 8.04. The summed E-state index contributed by atoms with van der Waals surface area (Å²) in [5, 5.41) is 5.98. The number of anilines is 1. The summed E-state index contributed by atoms with van der Waals surface area (Å²) < 4.78 is 4.67. The molecule has 1 amide bonds. The number of aromatic nitrogens is 3. The lowest BCUT2D eigenvalue weighted by atomic mass is 10.2. The molecule has 0 fully saturated rings. The molecule has 0 spiro atoms. The van der Waals surface area contributed by atoms with Crippen LogP contribution in [-0.2, 0) is 4.74 Å². The number of nitrogens with one attached hydrogen (secondary N) is 2. The van der Waals surface area contributed by atoms with E-state index in [1.54, 1.807) is 23.7 Å². The van der Waals surface area contributed by atoms with E-state index in [1.165, 1.54) is 18.4 Å². The van der Waals surface area contributed by atoms with Crippen molar-refractivity contribution in [1.29, 1.82) is 0 Å². The van der Waals surface area contributed by atoms with Crippen LogP contribution >= 0.6 is 11.3 Å². The molecule has 0 atom stereocenters. The number of para-hydroxylation sites is 1. The highest BCUT2D eigenvalue weighted by Gasteiger charge is 2.14. The highest BCUT2D eigenvalue weighted by atomic mass is 32.1. The van der Waals surface area contributed by atoms with Crippen LogP contribution in [0.2, 0.25) is 0 Å². The zero-order chi connectivity index (χ0) is 18.8.